The highest BCUT2D eigenvalue weighted by Gasteiger charge is 2.54. The minimum atomic E-state index is -1.54. The third-order valence-corrected chi connectivity index (χ3v) is 27.2. The van der Waals surface area contributed by atoms with E-state index in [0.29, 0.717) is 50.1 Å². The number of fused-ring (bicyclic) bond motifs is 20. The Morgan fingerprint density at radius 3 is 0.900 bits per heavy atom. The molecule has 0 radical (unpaired) electrons. The highest BCUT2D eigenvalue weighted by molar-refractivity contribution is 14.1. The Labute approximate surface area is 780 Å². The van der Waals surface area contributed by atoms with Crippen molar-refractivity contribution in [1.82, 2.24) is 0 Å². The average Bonchev–Trinajstić information content (AvgIpc) is 0.649. The number of nitrogens with one attached hydrogen (secondary N) is 1. The third-order valence-electron chi connectivity index (χ3n) is 24.2. The zero-order valence-corrected chi connectivity index (χ0v) is 74.5. The number of para-hydroxylation sites is 18. The van der Waals surface area contributed by atoms with Crippen LogP contribution in [-0.4, -0.2) is 28.2 Å². The van der Waals surface area contributed by atoms with Gasteiger partial charge < -0.3 is 44.1 Å². The van der Waals surface area contributed by atoms with Gasteiger partial charge in [-0.2, -0.15) is 0 Å². The number of anilines is 11. The van der Waals surface area contributed by atoms with Gasteiger partial charge in [0.25, 0.3) is 0 Å². The number of carbonyl (C=O) groups excluding carboxylic acids is 4. The van der Waals surface area contributed by atoms with Gasteiger partial charge in [0.1, 0.15) is 5.60 Å². The molecule has 0 bridgehead atoms. The first-order chi connectivity index (χ1) is 63.8. The molecule has 3 aliphatic carbocycles. The summed E-state index contributed by atoms with van der Waals surface area (Å²) in [7, 11) is 0. The average molecular weight is 1930 g/mol. The van der Waals surface area contributed by atoms with E-state index in [1.54, 1.807) is 60.7 Å². The van der Waals surface area contributed by atoms with Crippen molar-refractivity contribution >= 4 is 140 Å². The van der Waals surface area contributed by atoms with E-state index < -0.39 is 11.0 Å². The van der Waals surface area contributed by atoms with Crippen LogP contribution in [-0.2, 0) is 11.0 Å². The molecule has 130 heavy (non-hydrogen) atoms. The van der Waals surface area contributed by atoms with Crippen LogP contribution < -0.4 is 39.0 Å². The minimum absolute atomic E-state index is 0.0641. The number of aliphatic hydroxyl groups is 1. The van der Waals surface area contributed by atoms with Crippen molar-refractivity contribution in [3.8, 4) is 46.0 Å². The Hall–Kier alpha value is -15.3. The number of hydrogen-bond acceptors (Lipinski definition) is 13. The summed E-state index contributed by atoms with van der Waals surface area (Å²) >= 11 is 9.32. The van der Waals surface area contributed by atoms with E-state index in [-0.39, 0.29) is 23.1 Å². The maximum Gasteiger partial charge on any atom is 0.194 e. The van der Waals surface area contributed by atoms with Crippen LogP contribution in [0.3, 0.4) is 0 Å². The summed E-state index contributed by atoms with van der Waals surface area (Å²) in [5, 5.41) is 16.1. The monoisotopic (exact) mass is 1930 g/mol. The molecule has 5 aliphatic heterocycles. The Morgan fingerprint density at radius 1 is 0.231 bits per heavy atom. The normalized spacial score (nSPS) is 13.7. The Bertz CT molecular complexity index is 7180. The van der Waals surface area contributed by atoms with Gasteiger partial charge in [-0.1, -0.05) is 303 Å². The number of halogens is 3. The van der Waals surface area contributed by atoms with Gasteiger partial charge in [-0.15, -0.1) is 0 Å². The number of nitrogens with zero attached hydrogens (tertiary/aromatic N) is 3. The standard InChI is InChI=1S/C32H21NO3.C32H19NO2.C18H12BrNO.C14H8O2.C12H9NO.C6H4BrI/c34-31-21-11-1-3-13-23(21)32(35,24-14-4-2-12-22(24)31)25-15-5-6-16-26(25)33-27-17-7-9-19-29(27)36-30-20-10-8-18-28(30)33;34-31-20-10-1-3-12-22(20)32(23-13-4-2-11-21(23)31)24-14-5-6-16-26(24)33-27-17-7-8-18-28(27)35-29-19-9-15-25(32)30(29)33;19-13-7-1-2-8-14(13)20-15-9-3-5-11-17(15)21-18-12-6-4-10-16(18)20;15-13-9-5-1-2-6-10(9)14(16)12-8-4-3-7-11(12)13;1-3-7-11-9(5-1)13-10-6-2-4-8-12(10)14-11;7-5-3-1-2-4-6(5)8/h1-20,35H;1-19H;1-12H;1-8H;1-8,13H;1-4H. The van der Waals surface area contributed by atoms with Crippen molar-refractivity contribution < 1.29 is 43.2 Å². The van der Waals surface area contributed by atoms with E-state index in [9.17, 15) is 24.3 Å². The number of rotatable bonds is 3. The lowest BCUT2D eigenvalue weighted by atomic mass is 9.57. The van der Waals surface area contributed by atoms with Crippen LogP contribution in [0, 0.1) is 3.57 Å². The molecule has 0 saturated heterocycles. The molecule has 8 aliphatic rings. The number of benzene rings is 18. The van der Waals surface area contributed by atoms with Crippen molar-refractivity contribution in [2.24, 2.45) is 0 Å². The summed E-state index contributed by atoms with van der Waals surface area (Å²) < 4.78 is 27.9. The molecule has 624 valence electrons. The van der Waals surface area contributed by atoms with Gasteiger partial charge in [-0.3, -0.25) is 19.2 Å². The maximum absolute atomic E-state index is 13.7. The summed E-state index contributed by atoms with van der Waals surface area (Å²) in [5.41, 5.74) is 19.5. The molecule has 13 nitrogen and oxygen atoms in total. The van der Waals surface area contributed by atoms with Crippen molar-refractivity contribution in [2.75, 3.05) is 20.0 Å². The predicted octanol–water partition coefficient (Wildman–Crippen LogP) is 29.7. The Kier molecular flexibility index (Phi) is 21.7. The lowest BCUT2D eigenvalue weighted by Crippen LogP contribution is -2.42. The molecule has 0 saturated carbocycles. The lowest BCUT2D eigenvalue weighted by molar-refractivity contribution is 0.0950. The second-order valence-corrected chi connectivity index (χ2v) is 34.3. The molecule has 0 fully saturated rings. The van der Waals surface area contributed by atoms with Crippen LogP contribution in [0.25, 0.3) is 0 Å². The molecule has 5 heterocycles. The lowest BCUT2D eigenvalue weighted by Gasteiger charge is -2.50. The smallest absolute Gasteiger partial charge is 0.194 e. The van der Waals surface area contributed by atoms with E-state index in [0.717, 1.165) is 146 Å². The van der Waals surface area contributed by atoms with Gasteiger partial charge in [-0.05, 0) is 204 Å². The summed E-state index contributed by atoms with van der Waals surface area (Å²) in [4.78, 5) is 58.0. The molecule has 0 unspecified atom stereocenters. The summed E-state index contributed by atoms with van der Waals surface area (Å²) in [6, 6.07) is 140. The minimum Gasteiger partial charge on any atom is -0.453 e. The van der Waals surface area contributed by atoms with E-state index in [1.807, 2.05) is 285 Å². The van der Waals surface area contributed by atoms with Gasteiger partial charge in [0, 0.05) is 73.7 Å². The van der Waals surface area contributed by atoms with E-state index in [1.165, 1.54) is 8.04 Å². The molecule has 2 N–H and O–H groups in total. The Morgan fingerprint density at radius 2 is 0.492 bits per heavy atom. The van der Waals surface area contributed by atoms with Crippen LogP contribution in [0.4, 0.5) is 62.6 Å². The molecule has 18 aromatic carbocycles. The van der Waals surface area contributed by atoms with Gasteiger partial charge in [0.15, 0.2) is 69.1 Å². The van der Waals surface area contributed by atoms with Crippen LogP contribution in [0.5, 0.6) is 46.0 Å². The first kappa shape index (κ1) is 81.7. The molecule has 1 spiro atoms. The van der Waals surface area contributed by atoms with Crippen LogP contribution in [0.15, 0.2) is 440 Å². The van der Waals surface area contributed by atoms with Crippen LogP contribution >= 0.6 is 54.5 Å². The van der Waals surface area contributed by atoms with Gasteiger partial charge >= 0.3 is 0 Å². The van der Waals surface area contributed by atoms with Crippen molar-refractivity contribution in [3.63, 3.8) is 0 Å². The number of carbonyl (C=O) groups is 4. The topological polar surface area (TPSA) is 147 Å². The summed E-state index contributed by atoms with van der Waals surface area (Å²) in [6.07, 6.45) is 0. The molecule has 0 atom stereocenters. The number of ether oxygens (including phenoxy) is 4. The largest absolute Gasteiger partial charge is 0.453 e. The fourth-order valence-corrected chi connectivity index (χ4v) is 19.7. The van der Waals surface area contributed by atoms with E-state index >= 15 is 0 Å². The van der Waals surface area contributed by atoms with E-state index in [2.05, 4.69) is 159 Å². The molecular formula is C114H73Br2IN4O9. The quantitative estimate of drug-likeness (QED) is 0.162. The van der Waals surface area contributed by atoms with Crippen molar-refractivity contribution in [2.45, 2.75) is 11.0 Å². The zero-order chi connectivity index (χ0) is 88.1. The fraction of sp³-hybridized carbons (Fsp3) is 0.0175. The summed E-state index contributed by atoms with van der Waals surface area (Å²) in [5.74, 6) is 6.49. The fourth-order valence-electron chi connectivity index (χ4n) is 18.6. The molecule has 18 aromatic rings. The predicted molar refractivity (Wildman–Crippen MR) is 528 cm³/mol. The van der Waals surface area contributed by atoms with Crippen molar-refractivity contribution in [3.05, 3.63) is 527 Å². The SMILES string of the molecule is Brc1ccccc1I.Brc1ccccc1N1c2ccccc2Oc2ccccc21.O=C1c2ccccc2C(=O)c2ccccc21.O=C1c2ccccc2C(O)(c2ccccc2N2c3ccccc3Oc3ccccc32)c2ccccc21.O=C1c2ccccc2C2(c3ccccc31)c1ccccc1N1c3ccccc3Oc3cccc2c31.c1ccc2c(c1)Nc1ccccc1O2. The second-order valence-electron chi connectivity index (χ2n) is 31.5. The highest BCUT2D eigenvalue weighted by atomic mass is 127. The van der Waals surface area contributed by atoms with E-state index in [4.69, 9.17) is 18.9 Å². The van der Waals surface area contributed by atoms with Crippen LogP contribution in [0.2, 0.25) is 0 Å². The van der Waals surface area contributed by atoms with Crippen LogP contribution in [0.1, 0.15) is 103 Å². The molecule has 26 rings (SSSR count). The molecule has 0 amide bonds. The second kappa shape index (κ2) is 34.5. The summed E-state index contributed by atoms with van der Waals surface area (Å²) in [6.45, 7) is 0. The van der Waals surface area contributed by atoms with Gasteiger partial charge in [-0.25, -0.2) is 0 Å². The maximum atomic E-state index is 13.7. The van der Waals surface area contributed by atoms with Gasteiger partial charge in [0.2, 0.25) is 0 Å². The molecule has 0 aromatic heterocycles. The van der Waals surface area contributed by atoms with Crippen molar-refractivity contribution in [1.29, 1.82) is 0 Å². The Balaban J connectivity index is 0.000000100. The number of ketones is 4. The first-order valence-electron chi connectivity index (χ1n) is 42.3. The third kappa shape index (κ3) is 14.1. The molecular weight excluding hydrogens is 1860 g/mol. The van der Waals surface area contributed by atoms with Gasteiger partial charge in [0.05, 0.1) is 68.0 Å². The first-order valence-corrected chi connectivity index (χ1v) is 45.0. The molecule has 16 heteroatoms. The highest BCUT2D eigenvalue weighted by Crippen LogP contribution is 2.65. The zero-order valence-electron chi connectivity index (χ0n) is 69.2. The number of hydrogen-bond donors (Lipinski definition) is 2.